The Morgan fingerprint density at radius 2 is 2.07 bits per heavy atom. The maximum Gasteiger partial charge on any atom is 0.261 e. The molecule has 0 radical (unpaired) electrons. The molecule has 1 amide bonds. The first-order chi connectivity index (χ1) is 7.17. The summed E-state index contributed by atoms with van der Waals surface area (Å²) in [5.74, 6) is -0.396. The molecule has 3 nitrogen and oxygen atoms in total. The van der Waals surface area contributed by atoms with Crippen LogP contribution in [-0.2, 0) is 4.79 Å². The second-order valence-corrected chi connectivity index (χ2v) is 3.24. The molecule has 0 aliphatic heterocycles. The highest BCUT2D eigenvalue weighted by Gasteiger charge is 2.05. The smallest absolute Gasteiger partial charge is 0.261 e. The first-order valence-electron chi connectivity index (χ1n) is 4.27. The highest BCUT2D eigenvalue weighted by Crippen LogP contribution is 2.12. The van der Waals surface area contributed by atoms with E-state index >= 15 is 0 Å². The SMILES string of the molecule is CNC(=O)/C(C#N)=C/c1ccc(Cl)cc1. The number of amides is 1. The summed E-state index contributed by atoms with van der Waals surface area (Å²) in [4.78, 5) is 11.2. The molecule has 0 aliphatic rings. The highest BCUT2D eigenvalue weighted by atomic mass is 35.5. The molecule has 4 heteroatoms. The van der Waals surface area contributed by atoms with Crippen LogP contribution in [0.2, 0.25) is 5.02 Å². The van der Waals surface area contributed by atoms with Gasteiger partial charge in [-0.2, -0.15) is 5.26 Å². The number of benzene rings is 1. The topological polar surface area (TPSA) is 52.9 Å². The summed E-state index contributed by atoms with van der Waals surface area (Å²) in [5, 5.41) is 11.7. The zero-order valence-electron chi connectivity index (χ0n) is 8.12. The van der Waals surface area contributed by atoms with Gasteiger partial charge in [0, 0.05) is 12.1 Å². The number of carbonyl (C=O) groups excluding carboxylic acids is 1. The Bertz CT molecular complexity index is 429. The third-order valence-electron chi connectivity index (χ3n) is 1.77. The molecule has 0 bridgehead atoms. The van der Waals surface area contributed by atoms with Crippen LogP contribution >= 0.6 is 11.6 Å². The molecule has 0 spiro atoms. The molecule has 0 saturated carbocycles. The van der Waals surface area contributed by atoms with Gasteiger partial charge in [0.25, 0.3) is 5.91 Å². The van der Waals surface area contributed by atoms with Crippen molar-refractivity contribution in [3.63, 3.8) is 0 Å². The summed E-state index contributed by atoms with van der Waals surface area (Å²) in [7, 11) is 1.48. The number of hydrogen-bond acceptors (Lipinski definition) is 2. The minimum absolute atomic E-state index is 0.0693. The number of hydrogen-bond donors (Lipinski definition) is 1. The van der Waals surface area contributed by atoms with Crippen LogP contribution in [-0.4, -0.2) is 13.0 Å². The van der Waals surface area contributed by atoms with Crippen LogP contribution in [0.15, 0.2) is 29.8 Å². The lowest BCUT2D eigenvalue weighted by molar-refractivity contribution is -0.116. The predicted molar refractivity (Wildman–Crippen MR) is 59.1 cm³/mol. The van der Waals surface area contributed by atoms with E-state index in [1.165, 1.54) is 13.1 Å². The van der Waals surface area contributed by atoms with E-state index in [2.05, 4.69) is 5.32 Å². The molecule has 0 atom stereocenters. The monoisotopic (exact) mass is 220 g/mol. The van der Waals surface area contributed by atoms with Gasteiger partial charge in [-0.3, -0.25) is 4.79 Å². The van der Waals surface area contributed by atoms with Gasteiger partial charge in [-0.05, 0) is 23.8 Å². The van der Waals surface area contributed by atoms with Crippen LogP contribution < -0.4 is 5.32 Å². The molecule has 0 fully saturated rings. The van der Waals surface area contributed by atoms with Gasteiger partial charge < -0.3 is 5.32 Å². The number of halogens is 1. The van der Waals surface area contributed by atoms with Crippen molar-refractivity contribution < 1.29 is 4.79 Å². The van der Waals surface area contributed by atoms with E-state index in [1.807, 2.05) is 6.07 Å². The molecule has 1 rings (SSSR count). The van der Waals surface area contributed by atoms with Crippen molar-refractivity contribution >= 4 is 23.6 Å². The first kappa shape index (κ1) is 11.3. The lowest BCUT2D eigenvalue weighted by Gasteiger charge is -1.97. The Balaban J connectivity index is 3.00. The van der Waals surface area contributed by atoms with E-state index in [1.54, 1.807) is 24.3 Å². The summed E-state index contributed by atoms with van der Waals surface area (Å²) < 4.78 is 0. The van der Waals surface area contributed by atoms with Crippen molar-refractivity contribution in [1.82, 2.24) is 5.32 Å². The fourth-order valence-electron chi connectivity index (χ4n) is 1.01. The second kappa shape index (κ2) is 5.18. The first-order valence-corrected chi connectivity index (χ1v) is 4.64. The molecule has 1 aromatic carbocycles. The van der Waals surface area contributed by atoms with Gasteiger partial charge in [0.2, 0.25) is 0 Å². The molecular formula is C11H9ClN2O. The standard InChI is InChI=1S/C11H9ClN2O/c1-14-11(15)9(7-13)6-8-2-4-10(12)5-3-8/h2-6H,1H3,(H,14,15)/b9-6+. The molecule has 0 unspecified atom stereocenters. The number of nitrogens with one attached hydrogen (secondary N) is 1. The van der Waals surface area contributed by atoms with E-state index in [4.69, 9.17) is 16.9 Å². The lowest BCUT2D eigenvalue weighted by atomic mass is 10.1. The van der Waals surface area contributed by atoms with Crippen LogP contribution in [0.4, 0.5) is 0 Å². The maximum atomic E-state index is 11.2. The molecule has 1 N–H and O–H groups in total. The van der Waals surface area contributed by atoms with Gasteiger partial charge in [-0.1, -0.05) is 23.7 Å². The molecule has 15 heavy (non-hydrogen) atoms. The Labute approximate surface area is 93.0 Å². The summed E-state index contributed by atoms with van der Waals surface area (Å²) >= 11 is 5.71. The van der Waals surface area contributed by atoms with Gasteiger partial charge in [0.15, 0.2) is 0 Å². The molecule has 0 saturated heterocycles. The fourth-order valence-corrected chi connectivity index (χ4v) is 1.13. The van der Waals surface area contributed by atoms with Crippen molar-refractivity contribution in [2.45, 2.75) is 0 Å². The Morgan fingerprint density at radius 3 is 2.53 bits per heavy atom. The lowest BCUT2D eigenvalue weighted by Crippen LogP contribution is -2.19. The van der Waals surface area contributed by atoms with E-state index in [9.17, 15) is 4.79 Å². The van der Waals surface area contributed by atoms with Crippen molar-refractivity contribution in [3.05, 3.63) is 40.4 Å². The average molecular weight is 221 g/mol. The average Bonchev–Trinajstić information content (AvgIpc) is 2.27. The molecule has 0 aliphatic carbocycles. The maximum absolute atomic E-state index is 11.2. The van der Waals surface area contributed by atoms with E-state index in [-0.39, 0.29) is 5.57 Å². The van der Waals surface area contributed by atoms with Crippen molar-refractivity contribution in [2.24, 2.45) is 0 Å². The van der Waals surface area contributed by atoms with E-state index in [0.717, 1.165) is 5.56 Å². The fraction of sp³-hybridized carbons (Fsp3) is 0.0909. The normalized spacial score (nSPS) is 10.6. The zero-order valence-corrected chi connectivity index (χ0v) is 8.88. The number of likely N-dealkylation sites (N-methyl/N-ethyl adjacent to an activating group) is 1. The van der Waals surface area contributed by atoms with Gasteiger partial charge in [0.05, 0.1) is 0 Å². The third kappa shape index (κ3) is 3.12. The number of nitriles is 1. The van der Waals surface area contributed by atoms with Gasteiger partial charge in [-0.15, -0.1) is 0 Å². The summed E-state index contributed by atoms with van der Waals surface area (Å²) in [6, 6.07) is 8.71. The van der Waals surface area contributed by atoms with Gasteiger partial charge in [-0.25, -0.2) is 0 Å². The summed E-state index contributed by atoms with van der Waals surface area (Å²) in [6.45, 7) is 0. The largest absolute Gasteiger partial charge is 0.354 e. The molecule has 1 aromatic rings. The highest BCUT2D eigenvalue weighted by molar-refractivity contribution is 6.30. The van der Waals surface area contributed by atoms with Crippen molar-refractivity contribution in [3.8, 4) is 6.07 Å². The van der Waals surface area contributed by atoms with Crippen molar-refractivity contribution in [2.75, 3.05) is 7.05 Å². The predicted octanol–water partition coefficient (Wildman–Crippen LogP) is 1.99. The second-order valence-electron chi connectivity index (χ2n) is 2.80. The minimum Gasteiger partial charge on any atom is -0.354 e. The van der Waals surface area contributed by atoms with E-state index < -0.39 is 5.91 Å². The van der Waals surface area contributed by atoms with Crippen LogP contribution in [0.25, 0.3) is 6.08 Å². The summed E-state index contributed by atoms with van der Waals surface area (Å²) in [6.07, 6.45) is 1.51. The van der Waals surface area contributed by atoms with Crippen LogP contribution in [0.1, 0.15) is 5.56 Å². The van der Waals surface area contributed by atoms with Crippen molar-refractivity contribution in [1.29, 1.82) is 5.26 Å². The van der Waals surface area contributed by atoms with E-state index in [0.29, 0.717) is 5.02 Å². The molecule has 0 aromatic heterocycles. The summed E-state index contributed by atoms with van der Waals surface area (Å²) in [5.41, 5.74) is 0.833. The number of nitrogens with zero attached hydrogens (tertiary/aromatic N) is 1. The Hall–Kier alpha value is -1.79. The molecule has 76 valence electrons. The Kier molecular flexibility index (Phi) is 3.90. The van der Waals surface area contributed by atoms with Gasteiger partial charge in [0.1, 0.15) is 11.6 Å². The number of carbonyl (C=O) groups is 1. The number of rotatable bonds is 2. The quantitative estimate of drug-likeness (QED) is 0.612. The molecular weight excluding hydrogens is 212 g/mol. The molecule has 0 heterocycles. The van der Waals surface area contributed by atoms with Gasteiger partial charge >= 0.3 is 0 Å². The Morgan fingerprint density at radius 1 is 1.47 bits per heavy atom. The van der Waals surface area contributed by atoms with Crippen LogP contribution in [0, 0.1) is 11.3 Å². The van der Waals surface area contributed by atoms with Crippen LogP contribution in [0.3, 0.4) is 0 Å². The van der Waals surface area contributed by atoms with Crippen LogP contribution in [0.5, 0.6) is 0 Å². The zero-order chi connectivity index (χ0) is 11.3. The third-order valence-corrected chi connectivity index (χ3v) is 2.03. The minimum atomic E-state index is -0.396.